The van der Waals surface area contributed by atoms with E-state index in [2.05, 4.69) is 11.0 Å². The maximum atomic E-state index is 8.43. The monoisotopic (exact) mass is 124 g/mol. The minimum Gasteiger partial charge on any atom is -0.302 e. The van der Waals surface area contributed by atoms with Crippen molar-refractivity contribution >= 4 is 0 Å². The number of hydrogen-bond acceptors (Lipinski definition) is 2. The molecule has 0 radical (unpaired) electrons. The first-order valence-electron chi connectivity index (χ1n) is 3.45. The normalized spacial score (nSPS) is 22.2. The third-order valence-corrected chi connectivity index (χ3v) is 1.70. The highest BCUT2D eigenvalue weighted by Gasteiger charge is 2.15. The van der Waals surface area contributed by atoms with Gasteiger partial charge in [-0.3, -0.25) is 0 Å². The van der Waals surface area contributed by atoms with Gasteiger partial charge in [-0.1, -0.05) is 0 Å². The van der Waals surface area contributed by atoms with Crippen LogP contribution >= 0.6 is 0 Å². The summed E-state index contributed by atoms with van der Waals surface area (Å²) in [6.07, 6.45) is 1.32. The van der Waals surface area contributed by atoms with Crippen LogP contribution in [0.15, 0.2) is 0 Å². The lowest BCUT2D eigenvalue weighted by molar-refractivity contribution is 0.169. The Morgan fingerprint density at radius 3 is 2.67 bits per heavy atom. The SMILES string of the molecule is CC(C#N)CN1CCC1. The first-order chi connectivity index (χ1) is 4.33. The van der Waals surface area contributed by atoms with Crippen molar-refractivity contribution in [2.75, 3.05) is 19.6 Å². The maximum Gasteiger partial charge on any atom is 0.0666 e. The molecule has 9 heavy (non-hydrogen) atoms. The van der Waals surface area contributed by atoms with Crippen LogP contribution in [0, 0.1) is 17.2 Å². The van der Waals surface area contributed by atoms with E-state index in [1.165, 1.54) is 19.5 Å². The Morgan fingerprint density at radius 1 is 1.67 bits per heavy atom. The summed E-state index contributed by atoms with van der Waals surface area (Å²) >= 11 is 0. The van der Waals surface area contributed by atoms with Gasteiger partial charge in [-0.25, -0.2) is 0 Å². The highest BCUT2D eigenvalue weighted by molar-refractivity contribution is 4.83. The Kier molecular flexibility index (Phi) is 2.07. The fourth-order valence-electron chi connectivity index (χ4n) is 0.992. The lowest BCUT2D eigenvalue weighted by atomic mass is 10.1. The summed E-state index contributed by atoms with van der Waals surface area (Å²) in [5, 5.41) is 8.43. The van der Waals surface area contributed by atoms with Crippen molar-refractivity contribution in [1.29, 1.82) is 5.26 Å². The summed E-state index contributed by atoms with van der Waals surface area (Å²) < 4.78 is 0. The summed E-state index contributed by atoms with van der Waals surface area (Å²) in [7, 11) is 0. The van der Waals surface area contributed by atoms with Crippen molar-refractivity contribution in [3.05, 3.63) is 0 Å². The molecular weight excluding hydrogens is 112 g/mol. The molecule has 1 atom stereocenters. The zero-order chi connectivity index (χ0) is 6.69. The van der Waals surface area contributed by atoms with E-state index in [1.807, 2.05) is 6.92 Å². The maximum absolute atomic E-state index is 8.43. The molecule has 50 valence electrons. The van der Waals surface area contributed by atoms with E-state index < -0.39 is 0 Å². The summed E-state index contributed by atoms with van der Waals surface area (Å²) in [5.41, 5.74) is 0. The van der Waals surface area contributed by atoms with Crippen LogP contribution in [0.5, 0.6) is 0 Å². The molecule has 0 saturated carbocycles. The summed E-state index contributed by atoms with van der Waals surface area (Å²) in [6, 6.07) is 2.22. The predicted octanol–water partition coefficient (Wildman–Crippen LogP) is 0.852. The Labute approximate surface area is 56.1 Å². The van der Waals surface area contributed by atoms with Gasteiger partial charge < -0.3 is 4.90 Å². The molecule has 0 amide bonds. The van der Waals surface area contributed by atoms with Crippen LogP contribution in [0.25, 0.3) is 0 Å². The summed E-state index contributed by atoms with van der Waals surface area (Å²) in [4.78, 5) is 2.31. The van der Waals surface area contributed by atoms with Gasteiger partial charge in [0.2, 0.25) is 0 Å². The molecule has 1 saturated heterocycles. The quantitative estimate of drug-likeness (QED) is 0.545. The van der Waals surface area contributed by atoms with Crippen molar-refractivity contribution in [2.24, 2.45) is 5.92 Å². The van der Waals surface area contributed by atoms with E-state index in [4.69, 9.17) is 5.26 Å². The van der Waals surface area contributed by atoms with Crippen LogP contribution < -0.4 is 0 Å². The van der Waals surface area contributed by atoms with Crippen LogP contribution in [0.4, 0.5) is 0 Å². The first-order valence-corrected chi connectivity index (χ1v) is 3.45. The second kappa shape index (κ2) is 2.84. The van der Waals surface area contributed by atoms with Gasteiger partial charge in [-0.05, 0) is 26.4 Å². The second-order valence-corrected chi connectivity index (χ2v) is 2.68. The molecule has 0 aromatic heterocycles. The van der Waals surface area contributed by atoms with E-state index >= 15 is 0 Å². The number of nitriles is 1. The Balaban J connectivity index is 2.10. The highest BCUT2D eigenvalue weighted by atomic mass is 15.2. The number of rotatable bonds is 2. The molecule has 1 aliphatic rings. The molecule has 1 rings (SSSR count). The van der Waals surface area contributed by atoms with Crippen LogP contribution in [0.2, 0.25) is 0 Å². The third kappa shape index (κ3) is 1.69. The summed E-state index contributed by atoms with van der Waals surface area (Å²) in [5.74, 6) is 0.213. The zero-order valence-electron chi connectivity index (χ0n) is 5.80. The van der Waals surface area contributed by atoms with Crippen molar-refractivity contribution in [2.45, 2.75) is 13.3 Å². The van der Waals surface area contributed by atoms with Crippen molar-refractivity contribution in [3.8, 4) is 6.07 Å². The minimum absolute atomic E-state index is 0.213. The van der Waals surface area contributed by atoms with E-state index in [-0.39, 0.29) is 5.92 Å². The third-order valence-electron chi connectivity index (χ3n) is 1.70. The van der Waals surface area contributed by atoms with Crippen LogP contribution in [-0.2, 0) is 0 Å². The Hall–Kier alpha value is -0.550. The highest BCUT2D eigenvalue weighted by Crippen LogP contribution is 2.07. The van der Waals surface area contributed by atoms with E-state index in [9.17, 15) is 0 Å². The van der Waals surface area contributed by atoms with Crippen LogP contribution in [-0.4, -0.2) is 24.5 Å². The molecule has 0 N–H and O–H groups in total. The van der Waals surface area contributed by atoms with Gasteiger partial charge in [0.05, 0.1) is 12.0 Å². The summed E-state index contributed by atoms with van der Waals surface area (Å²) in [6.45, 7) is 5.34. The molecule has 1 aliphatic heterocycles. The fraction of sp³-hybridized carbons (Fsp3) is 0.857. The standard InChI is InChI=1S/C7H12N2/c1-7(5-8)6-9-3-2-4-9/h7H,2-4,6H2,1H3. The molecule has 0 aliphatic carbocycles. The predicted molar refractivity (Wildman–Crippen MR) is 35.8 cm³/mol. The molecule has 2 heteroatoms. The number of likely N-dealkylation sites (tertiary alicyclic amines) is 1. The molecule has 0 spiro atoms. The largest absolute Gasteiger partial charge is 0.302 e. The zero-order valence-corrected chi connectivity index (χ0v) is 5.80. The van der Waals surface area contributed by atoms with Crippen molar-refractivity contribution in [1.82, 2.24) is 4.90 Å². The van der Waals surface area contributed by atoms with Gasteiger partial charge in [0, 0.05) is 6.54 Å². The first kappa shape index (κ1) is 6.57. The average molecular weight is 124 g/mol. The van der Waals surface area contributed by atoms with E-state index in [0.717, 1.165) is 6.54 Å². The van der Waals surface area contributed by atoms with E-state index in [0.29, 0.717) is 0 Å². The van der Waals surface area contributed by atoms with E-state index in [1.54, 1.807) is 0 Å². The molecule has 0 aromatic rings. The lowest BCUT2D eigenvalue weighted by Crippen LogP contribution is -2.39. The molecule has 1 heterocycles. The molecule has 2 nitrogen and oxygen atoms in total. The second-order valence-electron chi connectivity index (χ2n) is 2.68. The fourth-order valence-corrected chi connectivity index (χ4v) is 0.992. The van der Waals surface area contributed by atoms with Gasteiger partial charge in [0.1, 0.15) is 0 Å². The lowest BCUT2D eigenvalue weighted by Gasteiger charge is -2.31. The molecular formula is C7H12N2. The molecule has 0 aromatic carbocycles. The topological polar surface area (TPSA) is 27.0 Å². The number of hydrogen-bond donors (Lipinski definition) is 0. The minimum atomic E-state index is 0.213. The average Bonchev–Trinajstić information content (AvgIpc) is 1.78. The molecule has 0 bridgehead atoms. The molecule has 1 fully saturated rings. The van der Waals surface area contributed by atoms with Gasteiger partial charge in [0.25, 0.3) is 0 Å². The van der Waals surface area contributed by atoms with Gasteiger partial charge >= 0.3 is 0 Å². The van der Waals surface area contributed by atoms with Crippen LogP contribution in [0.3, 0.4) is 0 Å². The van der Waals surface area contributed by atoms with Crippen LogP contribution in [0.1, 0.15) is 13.3 Å². The van der Waals surface area contributed by atoms with Gasteiger partial charge in [-0.2, -0.15) is 5.26 Å². The van der Waals surface area contributed by atoms with Crippen molar-refractivity contribution < 1.29 is 0 Å². The van der Waals surface area contributed by atoms with Crippen molar-refractivity contribution in [3.63, 3.8) is 0 Å². The van der Waals surface area contributed by atoms with Gasteiger partial charge in [-0.15, -0.1) is 0 Å². The number of nitrogens with zero attached hydrogens (tertiary/aromatic N) is 2. The Morgan fingerprint density at radius 2 is 2.33 bits per heavy atom. The Bertz CT molecular complexity index is 121. The molecule has 1 unspecified atom stereocenters. The smallest absolute Gasteiger partial charge is 0.0666 e. The van der Waals surface area contributed by atoms with Gasteiger partial charge in [0.15, 0.2) is 0 Å².